The lowest BCUT2D eigenvalue weighted by molar-refractivity contribution is -0.172. The first-order valence-electron chi connectivity index (χ1n) is 12.1. The molecular weight excluding hydrogens is 436 g/mol. The average molecular weight is 469 g/mol. The van der Waals surface area contributed by atoms with Crippen molar-refractivity contribution >= 4 is 23.5 Å². The highest BCUT2D eigenvalue weighted by Gasteiger charge is 2.67. The number of furan rings is 1. The molecule has 0 aromatic carbocycles. The van der Waals surface area contributed by atoms with Gasteiger partial charge in [0.1, 0.15) is 17.7 Å². The molecule has 7 nitrogen and oxygen atoms in total. The highest BCUT2D eigenvalue weighted by molar-refractivity contribution is 6.11. The summed E-state index contributed by atoms with van der Waals surface area (Å²) < 4.78 is 16.1. The summed E-state index contributed by atoms with van der Waals surface area (Å²) in [5, 5.41) is 0. The summed E-state index contributed by atoms with van der Waals surface area (Å²) >= 11 is 0. The predicted molar refractivity (Wildman–Crippen MR) is 120 cm³/mol. The van der Waals surface area contributed by atoms with Gasteiger partial charge in [-0.1, -0.05) is 33.3 Å². The number of hydrogen-bond donors (Lipinski definition) is 0. The van der Waals surface area contributed by atoms with E-state index in [0.717, 1.165) is 29.6 Å². The van der Waals surface area contributed by atoms with Crippen LogP contribution in [-0.2, 0) is 28.7 Å². The smallest absolute Gasteiger partial charge is 0.310 e. The van der Waals surface area contributed by atoms with Crippen molar-refractivity contribution < 1.29 is 33.1 Å². The monoisotopic (exact) mass is 468 g/mol. The second kappa shape index (κ2) is 7.40. The highest BCUT2D eigenvalue weighted by Crippen LogP contribution is 2.66. The molecule has 3 fully saturated rings. The molecule has 6 atom stereocenters. The summed E-state index contributed by atoms with van der Waals surface area (Å²) in [5.41, 5.74) is 0.703. The van der Waals surface area contributed by atoms with Crippen LogP contribution in [0.15, 0.2) is 34.2 Å². The number of ether oxygens (including phenoxy) is 2. The minimum atomic E-state index is -0.884. The summed E-state index contributed by atoms with van der Waals surface area (Å²) in [6.07, 6.45) is 4.68. The van der Waals surface area contributed by atoms with E-state index >= 15 is 0 Å². The van der Waals surface area contributed by atoms with Crippen molar-refractivity contribution in [2.75, 3.05) is 7.11 Å². The highest BCUT2D eigenvalue weighted by atomic mass is 16.5. The molecule has 1 aliphatic heterocycles. The molecule has 0 radical (unpaired) electrons. The largest absolute Gasteiger partial charge is 0.472 e. The molecule has 2 unspecified atom stereocenters. The van der Waals surface area contributed by atoms with Gasteiger partial charge in [0, 0.05) is 21.8 Å². The van der Waals surface area contributed by atoms with E-state index in [1.807, 2.05) is 26.8 Å². The van der Waals surface area contributed by atoms with Gasteiger partial charge >= 0.3 is 11.9 Å². The predicted octanol–water partition coefficient (Wildman–Crippen LogP) is 4.36. The van der Waals surface area contributed by atoms with E-state index in [9.17, 15) is 19.2 Å². The van der Waals surface area contributed by atoms with Gasteiger partial charge in [0.2, 0.25) is 0 Å². The molecule has 2 bridgehead atoms. The van der Waals surface area contributed by atoms with Crippen LogP contribution in [-0.4, -0.2) is 30.6 Å². The van der Waals surface area contributed by atoms with Crippen LogP contribution >= 0.6 is 0 Å². The third-order valence-electron chi connectivity index (χ3n) is 9.59. The molecule has 0 amide bonds. The molecule has 7 heteroatoms. The number of methoxy groups -OCH3 is 1. The number of allylic oxidation sites excluding steroid dienone is 1. The Morgan fingerprint density at radius 3 is 2.53 bits per heavy atom. The van der Waals surface area contributed by atoms with E-state index < -0.39 is 40.2 Å². The number of Topliss-reactive ketones (excluding diaryl/α,β-unsaturated/α-hetero) is 2. The Morgan fingerprint density at radius 1 is 1.15 bits per heavy atom. The van der Waals surface area contributed by atoms with E-state index in [-0.39, 0.29) is 36.3 Å². The summed E-state index contributed by atoms with van der Waals surface area (Å²) in [6, 6.07) is 1.82. The van der Waals surface area contributed by atoms with Gasteiger partial charge in [0.15, 0.2) is 0 Å². The van der Waals surface area contributed by atoms with Gasteiger partial charge in [-0.2, -0.15) is 0 Å². The van der Waals surface area contributed by atoms with Gasteiger partial charge < -0.3 is 13.9 Å². The van der Waals surface area contributed by atoms with Gasteiger partial charge in [-0.25, -0.2) is 0 Å². The molecule has 34 heavy (non-hydrogen) atoms. The van der Waals surface area contributed by atoms with Gasteiger partial charge in [-0.15, -0.1) is 0 Å². The zero-order valence-corrected chi connectivity index (χ0v) is 20.4. The maximum atomic E-state index is 13.8. The van der Waals surface area contributed by atoms with Gasteiger partial charge in [0.05, 0.1) is 38.4 Å². The van der Waals surface area contributed by atoms with E-state index in [1.165, 1.54) is 7.11 Å². The Morgan fingerprint density at radius 2 is 1.88 bits per heavy atom. The minimum Gasteiger partial charge on any atom is -0.472 e. The van der Waals surface area contributed by atoms with Crippen molar-refractivity contribution in [1.82, 2.24) is 0 Å². The standard InChI is InChI=1S/C27H32O7/c1-25(2)19(12-20(28)32-5)27(4)17-6-8-26(3)18(15(17)10-16(22(25)30)23(27)31)11-21(29)34-24(26)14-7-9-33-13-14/h7,9,13,16-17,19,24H,6,8,10-12H2,1-5H3/t16-,17?,19-,24-,26+,27?/m0/s1. The number of esters is 2. The van der Waals surface area contributed by atoms with Crippen LogP contribution in [0.5, 0.6) is 0 Å². The van der Waals surface area contributed by atoms with Crippen LogP contribution in [0.25, 0.3) is 0 Å². The molecule has 1 aromatic rings. The van der Waals surface area contributed by atoms with Crippen LogP contribution in [0.1, 0.15) is 71.5 Å². The van der Waals surface area contributed by atoms with Crippen LogP contribution in [0.2, 0.25) is 0 Å². The van der Waals surface area contributed by atoms with Gasteiger partial charge in [0.25, 0.3) is 0 Å². The molecule has 0 N–H and O–H groups in total. The maximum absolute atomic E-state index is 13.8. The van der Waals surface area contributed by atoms with E-state index in [1.54, 1.807) is 12.5 Å². The normalized spacial score (nSPS) is 38.7. The van der Waals surface area contributed by atoms with Crippen LogP contribution < -0.4 is 0 Å². The summed E-state index contributed by atoms with van der Waals surface area (Å²) in [5.74, 6) is -2.26. The summed E-state index contributed by atoms with van der Waals surface area (Å²) in [7, 11) is 1.33. The van der Waals surface area contributed by atoms with Crippen molar-refractivity contribution in [2.45, 2.75) is 65.9 Å². The van der Waals surface area contributed by atoms with Crippen LogP contribution in [0.3, 0.4) is 0 Å². The Kier molecular flexibility index (Phi) is 5.02. The third-order valence-corrected chi connectivity index (χ3v) is 9.59. The molecule has 182 valence electrons. The number of cyclic esters (lactones) is 1. The molecule has 2 heterocycles. The fourth-order valence-corrected chi connectivity index (χ4v) is 7.76. The van der Waals surface area contributed by atoms with Crippen LogP contribution in [0, 0.1) is 34.0 Å². The SMILES string of the molecule is COC(=O)C[C@H]1C(C)(C)C(=O)[C@@H]2CC3=C4CC(=O)O[C@@H](c5ccoc5)[C@]4(C)CCC3C1(C)C2=O. The van der Waals surface area contributed by atoms with E-state index in [2.05, 4.69) is 6.92 Å². The number of fused-ring (bicyclic) bond motifs is 5. The number of carbonyl (C=O) groups excluding carboxylic acids is 4. The molecule has 1 aromatic heterocycles. The van der Waals surface area contributed by atoms with Crippen molar-refractivity contribution in [1.29, 1.82) is 0 Å². The Balaban J connectivity index is 1.68. The van der Waals surface area contributed by atoms with Crippen molar-refractivity contribution in [3.8, 4) is 0 Å². The molecule has 4 aliphatic rings. The first-order valence-corrected chi connectivity index (χ1v) is 12.1. The molecule has 1 saturated heterocycles. The Bertz CT molecular complexity index is 1110. The second-order valence-electron chi connectivity index (χ2n) is 11.4. The van der Waals surface area contributed by atoms with Crippen molar-refractivity contribution in [3.05, 3.63) is 35.3 Å². The lowest BCUT2D eigenvalue weighted by atomic mass is 9.41. The molecule has 3 aliphatic carbocycles. The molecule has 5 rings (SSSR count). The van der Waals surface area contributed by atoms with E-state index in [0.29, 0.717) is 6.42 Å². The quantitative estimate of drug-likeness (QED) is 0.369. The first kappa shape index (κ1) is 23.1. The Hall–Kier alpha value is -2.70. The number of hydrogen-bond acceptors (Lipinski definition) is 7. The van der Waals surface area contributed by atoms with E-state index in [4.69, 9.17) is 13.9 Å². The molecule has 0 spiro atoms. The van der Waals surface area contributed by atoms with Gasteiger partial charge in [-0.3, -0.25) is 19.2 Å². The molecular formula is C27H32O7. The van der Waals surface area contributed by atoms with Crippen molar-refractivity contribution in [3.63, 3.8) is 0 Å². The Labute approximate surface area is 199 Å². The van der Waals surface area contributed by atoms with Crippen LogP contribution in [0.4, 0.5) is 0 Å². The zero-order chi connectivity index (χ0) is 24.6. The zero-order valence-electron chi connectivity index (χ0n) is 20.4. The molecule has 2 saturated carbocycles. The lowest BCUT2D eigenvalue weighted by Crippen LogP contribution is -2.64. The topological polar surface area (TPSA) is 99.9 Å². The third kappa shape index (κ3) is 2.88. The summed E-state index contributed by atoms with van der Waals surface area (Å²) in [4.78, 5) is 52.6. The number of rotatable bonds is 3. The summed E-state index contributed by atoms with van der Waals surface area (Å²) in [6.45, 7) is 7.77. The maximum Gasteiger partial charge on any atom is 0.310 e. The first-order chi connectivity index (χ1) is 16.0. The average Bonchev–Trinajstić information content (AvgIpc) is 3.32. The number of ketones is 2. The second-order valence-corrected chi connectivity index (χ2v) is 11.4. The van der Waals surface area contributed by atoms with Crippen molar-refractivity contribution in [2.24, 2.45) is 34.0 Å². The fourth-order valence-electron chi connectivity index (χ4n) is 7.76. The lowest BCUT2D eigenvalue weighted by Gasteiger charge is -2.61. The fraction of sp³-hybridized carbons (Fsp3) is 0.630. The minimum absolute atomic E-state index is 0.0142. The van der Waals surface area contributed by atoms with Gasteiger partial charge in [-0.05, 0) is 42.7 Å². The number of carbonyl (C=O) groups is 4.